The zero-order chi connectivity index (χ0) is 37.3. The largest absolute Gasteiger partial charge is 0.479 e. The fourth-order valence-corrected chi connectivity index (χ4v) is 7.85. The number of aromatic nitrogens is 2. The van der Waals surface area contributed by atoms with E-state index >= 15 is 0 Å². The molecular weight excluding hydrogens is 737 g/mol. The van der Waals surface area contributed by atoms with Crippen LogP contribution in [0.5, 0.6) is 11.5 Å². The number of nitrogens with zero attached hydrogens (tertiary/aromatic N) is 3. The van der Waals surface area contributed by atoms with Crippen molar-refractivity contribution < 1.29 is 28.6 Å². The number of alkyl halides is 2. The number of carbonyl (C=O) groups is 3. The van der Waals surface area contributed by atoms with E-state index in [1.165, 1.54) is 19.3 Å². The number of ether oxygens (including phenoxy) is 3. The van der Waals surface area contributed by atoms with Gasteiger partial charge in [-0.05, 0) is 95.0 Å². The molecule has 1 saturated carbocycles. The maximum absolute atomic E-state index is 12.4. The molecule has 0 radical (unpaired) electrons. The standard InChI is InChI=1S/C22H26N2O4.C18H19NO2.CH2Cl2.ClH/c1-15(25)16-9-10-19-22(27-18-8-6-5-7-17(18)24(16)19)11-13-23(14-12-22)20(26)28-21(2,3)4;1-13(20)14-9-10-17-18(11-5-2-6-12-18)21-16-8-4-3-7-15(16)19(14)17;2-1-3;/h5-10H,11-14H2,1-4H3;3-4,7-10H,2,5-6,11-12H2,1H3;1H2;1H. The number of halogens is 3. The average Bonchev–Trinajstić information content (AvgIpc) is 3.77. The van der Waals surface area contributed by atoms with Gasteiger partial charge in [-0.2, -0.15) is 0 Å². The Hall–Kier alpha value is -3.92. The normalized spacial score (nSPS) is 17.0. The maximum Gasteiger partial charge on any atom is 0.410 e. The first kappa shape index (κ1) is 40.3. The van der Waals surface area contributed by atoms with Crippen molar-refractivity contribution in [2.45, 2.75) is 96.4 Å². The van der Waals surface area contributed by atoms with E-state index in [4.69, 9.17) is 37.4 Å². The highest BCUT2D eigenvalue weighted by atomic mass is 35.5. The number of amides is 1. The fraction of sp³-hybridized carbons (Fsp3) is 0.439. The van der Waals surface area contributed by atoms with Crippen LogP contribution in [0.25, 0.3) is 11.4 Å². The van der Waals surface area contributed by atoms with Gasteiger partial charge in [-0.15, -0.1) is 35.6 Å². The second-order valence-electron chi connectivity index (χ2n) is 14.7. The molecule has 4 aliphatic rings. The lowest BCUT2D eigenvalue weighted by molar-refractivity contribution is -0.0269. The van der Waals surface area contributed by atoms with Gasteiger partial charge in [0.25, 0.3) is 0 Å². The third kappa shape index (κ3) is 7.98. The molecule has 1 aliphatic carbocycles. The maximum atomic E-state index is 12.4. The van der Waals surface area contributed by atoms with Crippen LogP contribution in [0.15, 0.2) is 72.8 Å². The van der Waals surface area contributed by atoms with Crippen molar-refractivity contribution >= 4 is 53.3 Å². The molecule has 4 aromatic rings. The van der Waals surface area contributed by atoms with Crippen LogP contribution >= 0.6 is 35.6 Å². The first-order valence-electron chi connectivity index (χ1n) is 18.0. The Labute approximate surface area is 327 Å². The lowest BCUT2D eigenvalue weighted by Gasteiger charge is -2.45. The third-order valence-electron chi connectivity index (χ3n) is 10.1. The second kappa shape index (κ2) is 16.2. The van der Waals surface area contributed by atoms with Gasteiger partial charge < -0.3 is 28.2 Å². The van der Waals surface area contributed by atoms with Crippen LogP contribution in [-0.2, 0) is 15.9 Å². The van der Waals surface area contributed by atoms with Gasteiger partial charge in [-0.25, -0.2) is 4.79 Å². The highest BCUT2D eigenvalue weighted by molar-refractivity contribution is 6.40. The molecule has 284 valence electrons. The highest BCUT2D eigenvalue weighted by Crippen LogP contribution is 2.48. The van der Waals surface area contributed by atoms with Gasteiger partial charge in [0.05, 0.1) is 39.5 Å². The predicted molar refractivity (Wildman–Crippen MR) is 210 cm³/mol. The zero-order valence-electron chi connectivity index (χ0n) is 31.0. The summed E-state index contributed by atoms with van der Waals surface area (Å²) >= 11 is 9.53. The molecule has 8 rings (SSSR count). The van der Waals surface area contributed by atoms with Gasteiger partial charge in [0.15, 0.2) is 17.2 Å². The highest BCUT2D eigenvalue weighted by Gasteiger charge is 2.46. The topological polar surface area (TPSA) is 92.0 Å². The number of carbonyl (C=O) groups excluding carboxylic acids is 3. The van der Waals surface area contributed by atoms with Gasteiger partial charge in [-0.3, -0.25) is 9.59 Å². The van der Waals surface area contributed by atoms with Gasteiger partial charge >= 0.3 is 6.09 Å². The summed E-state index contributed by atoms with van der Waals surface area (Å²) in [5.74, 6) is 1.78. The van der Waals surface area contributed by atoms with Gasteiger partial charge in [0.2, 0.25) is 0 Å². The van der Waals surface area contributed by atoms with Crippen molar-refractivity contribution in [3.63, 3.8) is 0 Å². The number of benzene rings is 2. The Balaban J connectivity index is 0.000000193. The van der Waals surface area contributed by atoms with E-state index in [1.54, 1.807) is 18.7 Å². The number of ketones is 2. The van der Waals surface area contributed by atoms with Crippen molar-refractivity contribution in [3.05, 3.63) is 95.6 Å². The van der Waals surface area contributed by atoms with Crippen LogP contribution in [0, 0.1) is 0 Å². The summed E-state index contributed by atoms with van der Waals surface area (Å²) in [7, 11) is 0. The zero-order valence-corrected chi connectivity index (χ0v) is 33.3. The number of Topliss-reactive ketones (excluding diaryl/α,β-unsaturated/α-hetero) is 2. The van der Waals surface area contributed by atoms with Crippen LogP contribution in [-0.4, -0.2) is 55.7 Å². The summed E-state index contributed by atoms with van der Waals surface area (Å²) < 4.78 is 22.6. The number of rotatable bonds is 2. The van der Waals surface area contributed by atoms with E-state index in [0.717, 1.165) is 52.8 Å². The van der Waals surface area contributed by atoms with Crippen LogP contribution in [0.2, 0.25) is 0 Å². The minimum Gasteiger partial charge on any atom is -0.479 e. The molecule has 0 bridgehead atoms. The summed E-state index contributed by atoms with van der Waals surface area (Å²) in [6.07, 6.45) is 6.69. The van der Waals surface area contributed by atoms with Gasteiger partial charge in [0.1, 0.15) is 22.7 Å². The van der Waals surface area contributed by atoms with Crippen molar-refractivity contribution in [1.82, 2.24) is 14.0 Å². The molecule has 1 saturated heterocycles. The van der Waals surface area contributed by atoms with Crippen LogP contribution in [0.1, 0.15) is 112 Å². The molecule has 2 aromatic carbocycles. The number of fused-ring (bicyclic) bond motifs is 8. The summed E-state index contributed by atoms with van der Waals surface area (Å²) in [6, 6.07) is 23.7. The van der Waals surface area contributed by atoms with Crippen LogP contribution < -0.4 is 9.47 Å². The number of likely N-dealkylation sites (tertiary alicyclic amines) is 1. The lowest BCUT2D eigenvalue weighted by Crippen LogP contribution is -2.51. The van der Waals surface area contributed by atoms with Crippen molar-refractivity contribution in [2.75, 3.05) is 18.4 Å². The molecule has 0 N–H and O–H groups in total. The number of hydrogen-bond donors (Lipinski definition) is 0. The van der Waals surface area contributed by atoms with E-state index in [2.05, 4.69) is 10.6 Å². The van der Waals surface area contributed by atoms with E-state index < -0.39 is 11.2 Å². The Morgan fingerprint density at radius 2 is 1.09 bits per heavy atom. The quantitative estimate of drug-likeness (QED) is 0.148. The molecule has 0 atom stereocenters. The number of hydrogen-bond acceptors (Lipinski definition) is 6. The van der Waals surface area contributed by atoms with E-state index in [0.29, 0.717) is 31.6 Å². The summed E-state index contributed by atoms with van der Waals surface area (Å²) in [5.41, 5.74) is 4.07. The number of para-hydroxylation sites is 4. The van der Waals surface area contributed by atoms with Crippen molar-refractivity contribution in [2.24, 2.45) is 0 Å². The number of piperidine rings is 1. The molecule has 53 heavy (non-hydrogen) atoms. The fourth-order valence-electron chi connectivity index (χ4n) is 7.85. The predicted octanol–water partition coefficient (Wildman–Crippen LogP) is 10.4. The molecule has 2 aromatic heterocycles. The summed E-state index contributed by atoms with van der Waals surface area (Å²) in [4.78, 5) is 38.4. The SMILES string of the molecule is CC(=O)c1ccc2n1-c1ccccc1OC21CCCCC1.CC(=O)c1ccc2n1-c1ccccc1OC21CCN(C(=O)OC(C)(C)C)CC1.Cl.ClCCl. The minimum atomic E-state index is -0.555. The molecule has 9 nitrogen and oxygen atoms in total. The minimum absolute atomic E-state index is 0. The Bertz CT molecular complexity index is 1950. The lowest BCUT2D eigenvalue weighted by atomic mass is 9.81. The molecule has 3 aliphatic heterocycles. The van der Waals surface area contributed by atoms with E-state index in [9.17, 15) is 14.4 Å². The van der Waals surface area contributed by atoms with Crippen LogP contribution in [0.4, 0.5) is 4.79 Å². The van der Waals surface area contributed by atoms with Gasteiger partial charge in [-0.1, -0.05) is 30.7 Å². The molecule has 12 heteroatoms. The Morgan fingerprint density at radius 3 is 1.51 bits per heavy atom. The third-order valence-corrected chi connectivity index (χ3v) is 10.1. The van der Waals surface area contributed by atoms with Crippen molar-refractivity contribution in [3.8, 4) is 22.9 Å². The van der Waals surface area contributed by atoms with E-state index in [1.807, 2.05) is 92.1 Å². The van der Waals surface area contributed by atoms with Crippen molar-refractivity contribution in [1.29, 1.82) is 0 Å². The molecule has 1 amide bonds. The molecule has 2 fully saturated rings. The van der Waals surface area contributed by atoms with Crippen LogP contribution in [0.3, 0.4) is 0 Å². The average molecular weight is 785 g/mol. The first-order valence-corrected chi connectivity index (χ1v) is 19.0. The summed E-state index contributed by atoms with van der Waals surface area (Å²) in [5, 5.41) is 0.194. The summed E-state index contributed by atoms with van der Waals surface area (Å²) in [6.45, 7) is 9.90. The monoisotopic (exact) mass is 783 g/mol. The second-order valence-corrected chi connectivity index (χ2v) is 15.6. The molecule has 2 spiro atoms. The van der Waals surface area contributed by atoms with Gasteiger partial charge in [0, 0.05) is 39.8 Å². The first-order chi connectivity index (χ1) is 24.8. The Morgan fingerprint density at radius 1 is 0.679 bits per heavy atom. The Kier molecular flexibility index (Phi) is 12.3. The smallest absolute Gasteiger partial charge is 0.410 e. The molecule has 5 heterocycles. The molecular formula is C41H48Cl3N3O6. The molecule has 0 unspecified atom stereocenters. The van der Waals surface area contributed by atoms with E-state index in [-0.39, 0.29) is 41.0 Å².